The van der Waals surface area contributed by atoms with E-state index in [9.17, 15) is 4.79 Å². The van der Waals surface area contributed by atoms with Crippen LogP contribution < -0.4 is 4.74 Å². The summed E-state index contributed by atoms with van der Waals surface area (Å²) in [6, 6.07) is 13.3. The Hall–Kier alpha value is -2.55. The maximum atomic E-state index is 13.0. The zero-order valence-electron chi connectivity index (χ0n) is 13.0. The fraction of sp³-hybridized carbons (Fsp3) is 0.211. The number of ether oxygens (including phenoxy) is 1. The quantitative estimate of drug-likeness (QED) is 0.671. The number of nitrogens with zero attached hydrogens (tertiary/aromatic N) is 1. The van der Waals surface area contributed by atoms with Crippen molar-refractivity contribution in [3.05, 3.63) is 71.5 Å². The summed E-state index contributed by atoms with van der Waals surface area (Å²) >= 11 is 0. The predicted molar refractivity (Wildman–Crippen MR) is 87.9 cm³/mol. The first-order valence-electron chi connectivity index (χ1n) is 7.40. The molecule has 0 saturated carbocycles. The van der Waals surface area contributed by atoms with Crippen LogP contribution in [-0.2, 0) is 0 Å². The van der Waals surface area contributed by atoms with Crippen LogP contribution in [0.25, 0.3) is 5.52 Å². The van der Waals surface area contributed by atoms with Crippen LogP contribution in [0.5, 0.6) is 5.75 Å². The lowest BCUT2D eigenvalue weighted by atomic mass is 9.95. The van der Waals surface area contributed by atoms with Crippen molar-refractivity contribution in [2.24, 2.45) is 0 Å². The molecule has 0 spiro atoms. The van der Waals surface area contributed by atoms with Gasteiger partial charge in [0, 0.05) is 11.8 Å². The zero-order valence-corrected chi connectivity index (χ0v) is 13.0. The Morgan fingerprint density at radius 1 is 1.05 bits per heavy atom. The van der Waals surface area contributed by atoms with Gasteiger partial charge in [-0.2, -0.15) is 0 Å². The molecule has 3 aromatic rings. The fourth-order valence-electron chi connectivity index (χ4n) is 2.72. The maximum absolute atomic E-state index is 13.0. The highest BCUT2D eigenvalue weighted by Crippen LogP contribution is 2.29. The van der Waals surface area contributed by atoms with Gasteiger partial charge in [0.1, 0.15) is 5.75 Å². The molecule has 0 aliphatic heterocycles. The Morgan fingerprint density at radius 3 is 2.41 bits per heavy atom. The highest BCUT2D eigenvalue weighted by molar-refractivity contribution is 6.14. The Bertz CT molecular complexity index is 816. The van der Waals surface area contributed by atoms with E-state index in [1.165, 1.54) is 0 Å². The van der Waals surface area contributed by atoms with Crippen LogP contribution in [-0.4, -0.2) is 17.3 Å². The van der Waals surface area contributed by atoms with Crippen molar-refractivity contribution in [1.82, 2.24) is 4.40 Å². The number of rotatable bonds is 4. The van der Waals surface area contributed by atoms with Crippen molar-refractivity contribution in [2.45, 2.75) is 19.8 Å². The van der Waals surface area contributed by atoms with E-state index in [2.05, 4.69) is 13.8 Å². The second-order valence-electron chi connectivity index (χ2n) is 5.67. The van der Waals surface area contributed by atoms with Crippen LogP contribution in [0.2, 0.25) is 0 Å². The van der Waals surface area contributed by atoms with Gasteiger partial charge in [0.2, 0.25) is 0 Å². The Morgan fingerprint density at radius 2 is 1.77 bits per heavy atom. The molecule has 0 unspecified atom stereocenters. The molecule has 112 valence electrons. The van der Waals surface area contributed by atoms with Crippen molar-refractivity contribution in [1.29, 1.82) is 0 Å². The molecule has 0 amide bonds. The molecule has 0 N–H and O–H groups in total. The van der Waals surface area contributed by atoms with Crippen molar-refractivity contribution in [3.8, 4) is 5.75 Å². The van der Waals surface area contributed by atoms with Crippen LogP contribution in [0, 0.1) is 0 Å². The van der Waals surface area contributed by atoms with Gasteiger partial charge < -0.3 is 9.14 Å². The maximum Gasteiger partial charge on any atom is 0.195 e. The molecule has 0 atom stereocenters. The van der Waals surface area contributed by atoms with Gasteiger partial charge in [0.25, 0.3) is 0 Å². The van der Waals surface area contributed by atoms with Crippen molar-refractivity contribution >= 4 is 11.3 Å². The zero-order chi connectivity index (χ0) is 15.7. The summed E-state index contributed by atoms with van der Waals surface area (Å²) in [5.41, 5.74) is 3.47. The SMILES string of the molecule is COc1ccc2c(C(=O)c3ccccc3)c(C(C)C)cn2c1. The van der Waals surface area contributed by atoms with E-state index < -0.39 is 0 Å². The minimum absolute atomic E-state index is 0.0666. The van der Waals surface area contributed by atoms with Crippen molar-refractivity contribution in [3.63, 3.8) is 0 Å². The van der Waals surface area contributed by atoms with E-state index in [0.717, 1.165) is 22.4 Å². The molecule has 0 saturated heterocycles. The molecule has 3 rings (SSSR count). The molecule has 0 radical (unpaired) electrons. The largest absolute Gasteiger partial charge is 0.495 e. The van der Waals surface area contributed by atoms with E-state index in [-0.39, 0.29) is 11.7 Å². The average molecular weight is 293 g/mol. The smallest absolute Gasteiger partial charge is 0.195 e. The molecule has 2 heterocycles. The van der Waals surface area contributed by atoms with Crippen LogP contribution >= 0.6 is 0 Å². The molecule has 0 aliphatic carbocycles. The third-order valence-electron chi connectivity index (χ3n) is 3.89. The van der Waals surface area contributed by atoms with E-state index in [1.54, 1.807) is 7.11 Å². The summed E-state index contributed by atoms with van der Waals surface area (Å²) in [6.45, 7) is 4.21. The molecule has 2 aromatic heterocycles. The minimum atomic E-state index is 0.0666. The van der Waals surface area contributed by atoms with Gasteiger partial charge in [-0.15, -0.1) is 0 Å². The monoisotopic (exact) mass is 293 g/mol. The standard InChI is InChI=1S/C19H19NO2/c1-13(2)16-12-20-11-15(22-3)9-10-17(20)18(16)19(21)14-7-5-4-6-8-14/h4-13H,1-3H3. The molecular formula is C19H19NO2. The topological polar surface area (TPSA) is 30.7 Å². The first-order chi connectivity index (χ1) is 10.6. The summed E-state index contributed by atoms with van der Waals surface area (Å²) in [4.78, 5) is 13.0. The fourth-order valence-corrected chi connectivity index (χ4v) is 2.72. The number of ketones is 1. The van der Waals surface area contributed by atoms with Crippen LogP contribution in [0.1, 0.15) is 41.3 Å². The number of carbonyl (C=O) groups is 1. The number of methoxy groups -OCH3 is 1. The lowest BCUT2D eigenvalue weighted by molar-refractivity contribution is 0.103. The molecule has 3 heteroatoms. The number of pyridine rings is 1. The lowest BCUT2D eigenvalue weighted by Crippen LogP contribution is -2.04. The second kappa shape index (κ2) is 5.68. The third kappa shape index (κ3) is 2.39. The minimum Gasteiger partial charge on any atom is -0.495 e. The van der Waals surface area contributed by atoms with Gasteiger partial charge in [-0.3, -0.25) is 4.79 Å². The van der Waals surface area contributed by atoms with E-state index in [4.69, 9.17) is 4.74 Å². The summed E-state index contributed by atoms with van der Waals surface area (Å²) < 4.78 is 7.25. The van der Waals surface area contributed by atoms with E-state index in [0.29, 0.717) is 5.56 Å². The molecule has 22 heavy (non-hydrogen) atoms. The van der Waals surface area contributed by atoms with Gasteiger partial charge in [-0.25, -0.2) is 0 Å². The number of hydrogen-bond acceptors (Lipinski definition) is 2. The van der Waals surface area contributed by atoms with Gasteiger partial charge in [-0.1, -0.05) is 44.2 Å². The van der Waals surface area contributed by atoms with E-state index in [1.807, 2.05) is 59.3 Å². The highest BCUT2D eigenvalue weighted by Gasteiger charge is 2.21. The molecule has 0 bridgehead atoms. The number of aromatic nitrogens is 1. The van der Waals surface area contributed by atoms with Crippen LogP contribution in [0.3, 0.4) is 0 Å². The Balaban J connectivity index is 2.22. The van der Waals surface area contributed by atoms with Crippen molar-refractivity contribution in [2.75, 3.05) is 7.11 Å². The van der Waals surface area contributed by atoms with Gasteiger partial charge >= 0.3 is 0 Å². The van der Waals surface area contributed by atoms with Gasteiger partial charge in [0.15, 0.2) is 5.78 Å². The summed E-state index contributed by atoms with van der Waals surface area (Å²) in [6.07, 6.45) is 3.93. The molecule has 1 aromatic carbocycles. The van der Waals surface area contributed by atoms with E-state index >= 15 is 0 Å². The first kappa shape index (κ1) is 14.4. The van der Waals surface area contributed by atoms with Crippen LogP contribution in [0.4, 0.5) is 0 Å². The van der Waals surface area contributed by atoms with Gasteiger partial charge in [0.05, 0.1) is 24.4 Å². The Kier molecular flexibility index (Phi) is 3.72. The number of fused-ring (bicyclic) bond motifs is 1. The number of benzene rings is 1. The third-order valence-corrected chi connectivity index (χ3v) is 3.89. The van der Waals surface area contributed by atoms with Crippen LogP contribution in [0.15, 0.2) is 54.9 Å². The second-order valence-corrected chi connectivity index (χ2v) is 5.67. The molecule has 0 aliphatic rings. The van der Waals surface area contributed by atoms with Crippen molar-refractivity contribution < 1.29 is 9.53 Å². The normalized spacial score (nSPS) is 11.1. The lowest BCUT2D eigenvalue weighted by Gasteiger charge is -2.07. The Labute approximate surface area is 130 Å². The van der Waals surface area contributed by atoms with Gasteiger partial charge in [-0.05, 0) is 23.6 Å². The molecule has 3 nitrogen and oxygen atoms in total. The predicted octanol–water partition coefficient (Wildman–Crippen LogP) is 4.30. The highest BCUT2D eigenvalue weighted by atomic mass is 16.5. The summed E-state index contributed by atoms with van der Waals surface area (Å²) in [5.74, 6) is 1.11. The molecule has 0 fully saturated rings. The summed E-state index contributed by atoms with van der Waals surface area (Å²) in [7, 11) is 1.64. The number of carbonyl (C=O) groups excluding carboxylic acids is 1. The number of hydrogen-bond donors (Lipinski definition) is 0. The molecular weight excluding hydrogens is 274 g/mol. The summed E-state index contributed by atoms with van der Waals surface area (Å²) in [5, 5.41) is 0. The first-order valence-corrected chi connectivity index (χ1v) is 7.40. The average Bonchev–Trinajstić information content (AvgIpc) is 2.93.